The van der Waals surface area contributed by atoms with E-state index >= 15 is 0 Å². The average molecular weight is 309 g/mol. The van der Waals surface area contributed by atoms with Crippen molar-refractivity contribution in [1.29, 1.82) is 0 Å². The second-order valence-electron chi connectivity index (χ2n) is 5.96. The third-order valence-electron chi connectivity index (χ3n) is 4.48. The maximum atomic E-state index is 11.8. The monoisotopic (exact) mass is 309 g/mol. The van der Waals surface area contributed by atoms with Gasteiger partial charge in [0.05, 0.1) is 11.7 Å². The van der Waals surface area contributed by atoms with Gasteiger partial charge in [0.15, 0.2) is 5.65 Å². The van der Waals surface area contributed by atoms with Crippen molar-refractivity contribution in [3.8, 4) is 5.69 Å². The van der Waals surface area contributed by atoms with Gasteiger partial charge >= 0.3 is 0 Å². The van der Waals surface area contributed by atoms with Crippen LogP contribution >= 0.6 is 0 Å². The topological polar surface area (TPSA) is 57.2 Å². The molecule has 1 N–H and O–H groups in total. The molecule has 1 aromatic carbocycles. The minimum atomic E-state index is -0.109. The number of hydrogen-bond donors (Lipinski definition) is 1. The van der Waals surface area contributed by atoms with Crippen LogP contribution in [0.15, 0.2) is 47.7 Å². The molecule has 0 saturated carbocycles. The average Bonchev–Trinajstić information content (AvgIpc) is 3.01. The molecule has 0 amide bonds. The molecule has 0 atom stereocenters. The fraction of sp³-hybridized carbons (Fsp3) is 0.294. The lowest BCUT2D eigenvalue weighted by atomic mass is 10.2. The van der Waals surface area contributed by atoms with Crippen molar-refractivity contribution in [2.75, 3.05) is 38.1 Å². The summed E-state index contributed by atoms with van der Waals surface area (Å²) in [6, 6.07) is 10.2. The Balaban J connectivity index is 1.65. The molecule has 1 aliphatic heterocycles. The molecule has 1 fully saturated rings. The smallest absolute Gasteiger partial charge is 0.260 e. The van der Waals surface area contributed by atoms with Crippen LogP contribution in [0.1, 0.15) is 0 Å². The quantitative estimate of drug-likeness (QED) is 0.779. The zero-order valence-corrected chi connectivity index (χ0v) is 13.1. The molecular formula is C17H19N5O. The Morgan fingerprint density at radius 1 is 1.00 bits per heavy atom. The first-order valence-electron chi connectivity index (χ1n) is 7.81. The normalized spacial score (nSPS) is 16.1. The second-order valence-corrected chi connectivity index (χ2v) is 5.96. The highest BCUT2D eigenvalue weighted by Gasteiger charge is 2.14. The number of anilines is 1. The molecule has 6 heteroatoms. The molecule has 118 valence electrons. The Labute approximate surface area is 134 Å². The van der Waals surface area contributed by atoms with Gasteiger partial charge in [-0.25, -0.2) is 4.98 Å². The summed E-state index contributed by atoms with van der Waals surface area (Å²) >= 11 is 0. The van der Waals surface area contributed by atoms with Crippen molar-refractivity contribution in [3.63, 3.8) is 0 Å². The number of aromatic nitrogens is 3. The first kappa shape index (κ1) is 14.0. The fourth-order valence-corrected chi connectivity index (χ4v) is 3.06. The van der Waals surface area contributed by atoms with Gasteiger partial charge in [-0.1, -0.05) is 0 Å². The molecule has 3 aromatic rings. The van der Waals surface area contributed by atoms with Crippen LogP contribution in [0.3, 0.4) is 0 Å². The van der Waals surface area contributed by atoms with E-state index in [1.807, 2.05) is 10.8 Å². The number of H-pyrrole nitrogens is 1. The number of nitrogens with one attached hydrogen (secondary N) is 1. The summed E-state index contributed by atoms with van der Waals surface area (Å²) in [6.07, 6.45) is 3.33. The number of hydrogen-bond acceptors (Lipinski definition) is 4. The summed E-state index contributed by atoms with van der Waals surface area (Å²) in [5.41, 5.74) is 2.82. The largest absolute Gasteiger partial charge is 0.369 e. The predicted molar refractivity (Wildman–Crippen MR) is 91.4 cm³/mol. The third kappa shape index (κ3) is 2.51. The van der Waals surface area contributed by atoms with Crippen LogP contribution in [0.2, 0.25) is 0 Å². The van der Waals surface area contributed by atoms with E-state index in [1.54, 1.807) is 6.07 Å². The van der Waals surface area contributed by atoms with Crippen molar-refractivity contribution in [3.05, 3.63) is 53.2 Å². The lowest BCUT2D eigenvalue weighted by molar-refractivity contribution is 0.313. The second kappa shape index (κ2) is 5.55. The zero-order chi connectivity index (χ0) is 15.8. The Hall–Kier alpha value is -2.60. The van der Waals surface area contributed by atoms with Gasteiger partial charge in [0.1, 0.15) is 0 Å². The summed E-state index contributed by atoms with van der Waals surface area (Å²) in [6.45, 7) is 4.30. The molecule has 23 heavy (non-hydrogen) atoms. The molecular weight excluding hydrogens is 290 g/mol. The van der Waals surface area contributed by atoms with Crippen LogP contribution in [-0.2, 0) is 0 Å². The van der Waals surface area contributed by atoms with Gasteiger partial charge in [-0.05, 0) is 37.4 Å². The van der Waals surface area contributed by atoms with Gasteiger partial charge in [-0.15, -0.1) is 0 Å². The number of nitrogens with zero attached hydrogens (tertiary/aromatic N) is 4. The minimum absolute atomic E-state index is 0.109. The molecule has 2 aromatic heterocycles. The fourth-order valence-electron chi connectivity index (χ4n) is 3.06. The van der Waals surface area contributed by atoms with Gasteiger partial charge in [-0.2, -0.15) is 0 Å². The van der Waals surface area contributed by atoms with Crippen LogP contribution in [0.5, 0.6) is 0 Å². The first-order valence-corrected chi connectivity index (χ1v) is 7.81. The van der Waals surface area contributed by atoms with Crippen molar-refractivity contribution in [2.45, 2.75) is 0 Å². The van der Waals surface area contributed by atoms with Crippen molar-refractivity contribution in [2.24, 2.45) is 0 Å². The molecule has 0 aliphatic carbocycles. The molecule has 3 heterocycles. The maximum absolute atomic E-state index is 11.8. The van der Waals surface area contributed by atoms with E-state index in [-0.39, 0.29) is 5.56 Å². The van der Waals surface area contributed by atoms with Crippen molar-refractivity contribution < 1.29 is 0 Å². The highest BCUT2D eigenvalue weighted by atomic mass is 16.1. The number of aromatic amines is 1. The first-order chi connectivity index (χ1) is 11.2. The van der Waals surface area contributed by atoms with E-state index in [1.165, 1.54) is 12.0 Å². The molecule has 0 radical (unpaired) electrons. The van der Waals surface area contributed by atoms with E-state index in [2.05, 4.69) is 51.1 Å². The SMILES string of the molecule is CN1CCN(c2ccc(-n3ccc4c(=O)[nH]cnc43)cc2)CC1. The van der Waals surface area contributed by atoms with Gasteiger partial charge in [0.2, 0.25) is 0 Å². The number of likely N-dealkylation sites (N-methyl/N-ethyl adjacent to an activating group) is 1. The van der Waals surface area contributed by atoms with Gasteiger partial charge in [0.25, 0.3) is 5.56 Å². The maximum Gasteiger partial charge on any atom is 0.260 e. The lowest BCUT2D eigenvalue weighted by Gasteiger charge is -2.34. The standard InChI is InChI=1S/C17H19N5O/c1-20-8-10-21(11-9-20)13-2-4-14(5-3-13)22-7-6-15-16(22)18-12-19-17(15)23/h2-7,12H,8-11H2,1H3,(H,18,19,23). The van der Waals surface area contributed by atoms with Crippen LogP contribution in [-0.4, -0.2) is 52.7 Å². The predicted octanol–water partition coefficient (Wildman–Crippen LogP) is 1.47. The van der Waals surface area contributed by atoms with E-state index < -0.39 is 0 Å². The number of fused-ring (bicyclic) bond motifs is 1. The van der Waals surface area contributed by atoms with Crippen LogP contribution in [0.25, 0.3) is 16.7 Å². The van der Waals surface area contributed by atoms with Crippen molar-refractivity contribution in [1.82, 2.24) is 19.4 Å². The Kier molecular flexibility index (Phi) is 3.38. The summed E-state index contributed by atoms with van der Waals surface area (Å²) < 4.78 is 1.94. The number of piperazine rings is 1. The van der Waals surface area contributed by atoms with Crippen LogP contribution in [0, 0.1) is 0 Å². The summed E-state index contributed by atoms with van der Waals surface area (Å²) in [7, 11) is 2.16. The molecule has 4 rings (SSSR count). The number of benzene rings is 1. The molecule has 1 saturated heterocycles. The minimum Gasteiger partial charge on any atom is -0.369 e. The highest BCUT2D eigenvalue weighted by Crippen LogP contribution is 2.21. The Morgan fingerprint density at radius 2 is 1.70 bits per heavy atom. The van der Waals surface area contributed by atoms with E-state index in [0.717, 1.165) is 31.9 Å². The molecule has 0 unspecified atom stereocenters. The highest BCUT2D eigenvalue weighted by molar-refractivity contribution is 5.76. The van der Waals surface area contributed by atoms with Gasteiger partial charge in [-0.3, -0.25) is 4.79 Å². The van der Waals surface area contributed by atoms with E-state index in [4.69, 9.17) is 0 Å². The zero-order valence-electron chi connectivity index (χ0n) is 13.1. The van der Waals surface area contributed by atoms with Crippen molar-refractivity contribution >= 4 is 16.7 Å². The summed E-state index contributed by atoms with van der Waals surface area (Å²) in [5, 5.41) is 0.607. The lowest BCUT2D eigenvalue weighted by Crippen LogP contribution is -2.44. The molecule has 0 spiro atoms. The van der Waals surface area contributed by atoms with Crippen LogP contribution in [0.4, 0.5) is 5.69 Å². The summed E-state index contributed by atoms with van der Waals surface area (Å²) in [5.74, 6) is 0. The Morgan fingerprint density at radius 3 is 2.43 bits per heavy atom. The third-order valence-corrected chi connectivity index (χ3v) is 4.48. The number of rotatable bonds is 2. The van der Waals surface area contributed by atoms with E-state index in [0.29, 0.717) is 11.0 Å². The molecule has 6 nitrogen and oxygen atoms in total. The molecule has 1 aliphatic rings. The van der Waals surface area contributed by atoms with Crippen LogP contribution < -0.4 is 10.5 Å². The Bertz CT molecular complexity index is 872. The van der Waals surface area contributed by atoms with E-state index in [9.17, 15) is 4.79 Å². The van der Waals surface area contributed by atoms with Gasteiger partial charge in [0, 0.05) is 43.8 Å². The van der Waals surface area contributed by atoms with Gasteiger partial charge < -0.3 is 19.4 Å². The summed E-state index contributed by atoms with van der Waals surface area (Å²) in [4.78, 5) is 23.4. The molecule has 0 bridgehead atoms.